The van der Waals surface area contributed by atoms with E-state index in [2.05, 4.69) is 15.0 Å². The Morgan fingerprint density at radius 3 is 2.81 bits per heavy atom. The number of aromatic nitrogens is 3. The third kappa shape index (κ3) is 3.05. The molecular formula is C20H14ClN3O2. The smallest absolute Gasteiger partial charge is 0.354 e. The lowest BCUT2D eigenvalue weighted by Crippen LogP contribution is -2.03. The number of carboxylic acids is 1. The molecule has 26 heavy (non-hydrogen) atoms. The average Bonchev–Trinajstić information content (AvgIpc) is 3.00. The number of H-pyrrole nitrogens is 1. The number of aromatic amines is 1. The molecule has 0 unspecified atom stereocenters. The van der Waals surface area contributed by atoms with Crippen molar-refractivity contribution in [3.8, 4) is 11.3 Å². The van der Waals surface area contributed by atoms with E-state index in [1.165, 1.54) is 6.07 Å². The van der Waals surface area contributed by atoms with Gasteiger partial charge in [0.05, 0.1) is 5.69 Å². The van der Waals surface area contributed by atoms with Crippen molar-refractivity contribution >= 4 is 28.5 Å². The lowest BCUT2D eigenvalue weighted by atomic mass is 10.0. The molecule has 0 aliphatic rings. The van der Waals surface area contributed by atoms with Gasteiger partial charge in [-0.1, -0.05) is 23.7 Å². The SMILES string of the molecule is O=C(O)c1cccc(Cc2c(-c3cccnc3)[nH]c3cc(Cl)ccc23)n1. The van der Waals surface area contributed by atoms with Gasteiger partial charge in [-0.05, 0) is 42.0 Å². The Morgan fingerprint density at radius 2 is 2.04 bits per heavy atom. The number of carboxylic acid groups (broad SMARTS) is 1. The number of pyridine rings is 2. The normalized spacial score (nSPS) is 11.0. The van der Waals surface area contributed by atoms with Gasteiger partial charge >= 0.3 is 5.97 Å². The molecule has 0 saturated carbocycles. The Hall–Kier alpha value is -3.18. The van der Waals surface area contributed by atoms with Gasteiger partial charge in [-0.15, -0.1) is 0 Å². The third-order valence-corrected chi connectivity index (χ3v) is 4.44. The summed E-state index contributed by atoms with van der Waals surface area (Å²) in [6.45, 7) is 0. The quantitative estimate of drug-likeness (QED) is 0.556. The number of benzene rings is 1. The van der Waals surface area contributed by atoms with Gasteiger partial charge in [0.1, 0.15) is 5.69 Å². The van der Waals surface area contributed by atoms with E-state index < -0.39 is 5.97 Å². The summed E-state index contributed by atoms with van der Waals surface area (Å²) in [7, 11) is 0. The number of hydrogen-bond donors (Lipinski definition) is 2. The zero-order valence-corrected chi connectivity index (χ0v) is 14.4. The minimum Gasteiger partial charge on any atom is -0.477 e. The molecule has 128 valence electrons. The Bertz CT molecular complexity index is 1110. The third-order valence-electron chi connectivity index (χ3n) is 4.20. The molecule has 0 amide bonds. The monoisotopic (exact) mass is 363 g/mol. The van der Waals surface area contributed by atoms with E-state index in [4.69, 9.17) is 11.6 Å². The fourth-order valence-corrected chi connectivity index (χ4v) is 3.22. The summed E-state index contributed by atoms with van der Waals surface area (Å²) in [4.78, 5) is 23.1. The lowest BCUT2D eigenvalue weighted by Gasteiger charge is -2.06. The Labute approximate surface area is 154 Å². The van der Waals surface area contributed by atoms with Crippen molar-refractivity contribution in [3.63, 3.8) is 0 Å². The molecular weight excluding hydrogens is 350 g/mol. The molecule has 6 heteroatoms. The Kier molecular flexibility index (Phi) is 4.14. The Morgan fingerprint density at radius 1 is 1.15 bits per heavy atom. The van der Waals surface area contributed by atoms with Crippen molar-refractivity contribution in [1.82, 2.24) is 15.0 Å². The van der Waals surface area contributed by atoms with Gasteiger partial charge in [0.15, 0.2) is 0 Å². The molecule has 0 saturated heterocycles. The van der Waals surface area contributed by atoms with Crippen LogP contribution in [0, 0.1) is 0 Å². The molecule has 3 aromatic heterocycles. The summed E-state index contributed by atoms with van der Waals surface area (Å²) in [6.07, 6.45) is 4.00. The van der Waals surface area contributed by atoms with E-state index in [-0.39, 0.29) is 5.69 Å². The summed E-state index contributed by atoms with van der Waals surface area (Å²) < 4.78 is 0. The van der Waals surface area contributed by atoms with Gasteiger partial charge in [-0.2, -0.15) is 0 Å². The molecule has 0 fully saturated rings. The van der Waals surface area contributed by atoms with E-state index in [0.717, 1.165) is 27.7 Å². The number of nitrogens with one attached hydrogen (secondary N) is 1. The number of nitrogens with zero attached hydrogens (tertiary/aromatic N) is 2. The van der Waals surface area contributed by atoms with Crippen LogP contribution in [0.1, 0.15) is 21.7 Å². The van der Waals surface area contributed by atoms with Crippen LogP contribution in [-0.2, 0) is 6.42 Å². The standard InChI is InChI=1S/C20H14ClN3O2/c21-13-6-7-15-16(10-14-4-1-5-17(23-14)20(25)26)19(24-18(15)9-13)12-3-2-8-22-11-12/h1-9,11,24H,10H2,(H,25,26). The van der Waals surface area contributed by atoms with Crippen molar-refractivity contribution in [2.45, 2.75) is 6.42 Å². The first-order valence-corrected chi connectivity index (χ1v) is 8.39. The number of rotatable bonds is 4. The van der Waals surface area contributed by atoms with Gasteiger partial charge in [-0.3, -0.25) is 4.98 Å². The molecule has 4 aromatic rings. The van der Waals surface area contributed by atoms with Crippen LogP contribution in [0.25, 0.3) is 22.2 Å². The first-order valence-electron chi connectivity index (χ1n) is 8.01. The van der Waals surface area contributed by atoms with Gasteiger partial charge < -0.3 is 10.1 Å². The minimum atomic E-state index is -1.04. The molecule has 2 N–H and O–H groups in total. The van der Waals surface area contributed by atoms with Gasteiger partial charge in [0.2, 0.25) is 0 Å². The second kappa shape index (κ2) is 6.61. The highest BCUT2D eigenvalue weighted by atomic mass is 35.5. The molecule has 3 heterocycles. The summed E-state index contributed by atoms with van der Waals surface area (Å²) >= 11 is 6.13. The topological polar surface area (TPSA) is 78.9 Å². The van der Waals surface area contributed by atoms with Crippen LogP contribution < -0.4 is 0 Å². The lowest BCUT2D eigenvalue weighted by molar-refractivity contribution is 0.0690. The zero-order chi connectivity index (χ0) is 18.1. The molecule has 0 radical (unpaired) electrons. The van der Waals surface area contributed by atoms with E-state index in [1.54, 1.807) is 18.5 Å². The van der Waals surface area contributed by atoms with Gasteiger partial charge in [0.25, 0.3) is 0 Å². The molecule has 0 aliphatic heterocycles. The second-order valence-electron chi connectivity index (χ2n) is 5.91. The first-order chi connectivity index (χ1) is 12.6. The maximum Gasteiger partial charge on any atom is 0.354 e. The summed E-state index contributed by atoms with van der Waals surface area (Å²) in [6, 6.07) is 14.6. The van der Waals surface area contributed by atoms with E-state index in [1.807, 2.05) is 36.4 Å². The average molecular weight is 364 g/mol. The molecule has 1 aromatic carbocycles. The molecule has 5 nitrogen and oxygen atoms in total. The maximum absolute atomic E-state index is 11.2. The largest absolute Gasteiger partial charge is 0.477 e. The van der Waals surface area contributed by atoms with E-state index in [9.17, 15) is 9.90 Å². The number of hydrogen-bond acceptors (Lipinski definition) is 3. The van der Waals surface area contributed by atoms with Crippen LogP contribution in [0.5, 0.6) is 0 Å². The van der Waals surface area contributed by atoms with Crippen LogP contribution in [0.4, 0.5) is 0 Å². The molecule has 4 rings (SSSR count). The summed E-state index contributed by atoms with van der Waals surface area (Å²) in [5, 5.41) is 10.8. The Balaban J connectivity index is 1.87. The van der Waals surface area contributed by atoms with Crippen molar-refractivity contribution in [2.24, 2.45) is 0 Å². The van der Waals surface area contributed by atoms with Crippen LogP contribution >= 0.6 is 11.6 Å². The highest BCUT2D eigenvalue weighted by molar-refractivity contribution is 6.31. The highest BCUT2D eigenvalue weighted by Gasteiger charge is 2.15. The number of fused-ring (bicyclic) bond motifs is 1. The minimum absolute atomic E-state index is 0.0355. The highest BCUT2D eigenvalue weighted by Crippen LogP contribution is 2.32. The number of halogens is 1. The number of carbonyl (C=O) groups is 1. The summed E-state index contributed by atoms with van der Waals surface area (Å²) in [5.41, 5.74) is 4.54. The van der Waals surface area contributed by atoms with Crippen LogP contribution in [0.15, 0.2) is 60.9 Å². The number of aromatic carboxylic acids is 1. The van der Waals surface area contributed by atoms with E-state index in [0.29, 0.717) is 17.1 Å². The first kappa shape index (κ1) is 16.3. The van der Waals surface area contributed by atoms with Crippen LogP contribution in [0.3, 0.4) is 0 Å². The van der Waals surface area contributed by atoms with Crippen molar-refractivity contribution in [3.05, 3.63) is 82.9 Å². The predicted octanol–water partition coefficient (Wildman–Crippen LogP) is 4.57. The van der Waals surface area contributed by atoms with Crippen molar-refractivity contribution in [1.29, 1.82) is 0 Å². The fourth-order valence-electron chi connectivity index (χ4n) is 3.05. The van der Waals surface area contributed by atoms with Gasteiger partial charge in [0, 0.05) is 46.0 Å². The zero-order valence-electron chi connectivity index (χ0n) is 13.6. The van der Waals surface area contributed by atoms with Crippen LogP contribution in [-0.4, -0.2) is 26.0 Å². The molecule has 0 bridgehead atoms. The second-order valence-corrected chi connectivity index (χ2v) is 6.34. The predicted molar refractivity (Wildman–Crippen MR) is 101 cm³/mol. The molecule has 0 aliphatic carbocycles. The molecule has 0 atom stereocenters. The maximum atomic E-state index is 11.2. The van der Waals surface area contributed by atoms with Crippen molar-refractivity contribution in [2.75, 3.05) is 0 Å². The van der Waals surface area contributed by atoms with Crippen molar-refractivity contribution < 1.29 is 9.90 Å². The van der Waals surface area contributed by atoms with Gasteiger partial charge in [-0.25, -0.2) is 9.78 Å². The van der Waals surface area contributed by atoms with E-state index >= 15 is 0 Å². The molecule has 0 spiro atoms. The fraction of sp³-hybridized carbons (Fsp3) is 0.0500. The summed E-state index contributed by atoms with van der Waals surface area (Å²) in [5.74, 6) is -1.04. The van der Waals surface area contributed by atoms with Crippen LogP contribution in [0.2, 0.25) is 5.02 Å².